The Morgan fingerprint density at radius 3 is 2.56 bits per heavy atom. The number of aromatic nitrogens is 2. The zero-order valence-corrected chi connectivity index (χ0v) is 17.5. The van der Waals surface area contributed by atoms with Crippen LogP contribution in [0.2, 0.25) is 0 Å². The van der Waals surface area contributed by atoms with E-state index in [9.17, 15) is 19.1 Å². The van der Waals surface area contributed by atoms with E-state index in [0.717, 1.165) is 22.1 Å². The van der Waals surface area contributed by atoms with Crippen molar-refractivity contribution in [3.8, 4) is 34.0 Å². The number of carbonyl (C=O) groups is 1. The fourth-order valence-corrected chi connectivity index (χ4v) is 4.96. The van der Waals surface area contributed by atoms with Crippen LogP contribution in [0.25, 0.3) is 33.4 Å². The number of halogens is 1. The third-order valence-electron chi connectivity index (χ3n) is 6.58. The Bertz CT molecular complexity index is 1630. The number of hydrogen-bond donors (Lipinski definition) is 1. The molecule has 34 heavy (non-hydrogen) atoms. The van der Waals surface area contributed by atoms with Crippen molar-refractivity contribution in [3.63, 3.8) is 0 Å². The Morgan fingerprint density at radius 1 is 1.00 bits per heavy atom. The minimum absolute atomic E-state index is 0.107. The van der Waals surface area contributed by atoms with Crippen LogP contribution in [0, 0.1) is 5.82 Å². The van der Waals surface area contributed by atoms with Gasteiger partial charge in [-0.2, -0.15) is 0 Å². The Kier molecular flexibility index (Phi) is 3.76. The summed E-state index contributed by atoms with van der Waals surface area (Å²) in [5.74, 6) is -0.00740. The molecule has 8 nitrogen and oxygen atoms in total. The maximum Gasteiger partial charge on any atom is 0.340 e. The lowest BCUT2D eigenvalue weighted by Gasteiger charge is -2.21. The number of aliphatic hydroxyl groups excluding tert-OH is 1. The van der Waals surface area contributed by atoms with Crippen molar-refractivity contribution in [1.29, 1.82) is 0 Å². The van der Waals surface area contributed by atoms with Crippen LogP contribution in [-0.4, -0.2) is 27.4 Å². The van der Waals surface area contributed by atoms with Crippen molar-refractivity contribution in [2.45, 2.75) is 19.3 Å². The molecule has 0 spiro atoms. The summed E-state index contributed by atoms with van der Waals surface area (Å²) in [5.41, 5.74) is 4.13. The highest BCUT2D eigenvalue weighted by Gasteiger charge is 2.35. The Morgan fingerprint density at radius 2 is 1.76 bits per heavy atom. The summed E-state index contributed by atoms with van der Waals surface area (Å²) < 4.78 is 31.3. The normalized spacial score (nSPS) is 17.4. The summed E-state index contributed by atoms with van der Waals surface area (Å²) in [7, 11) is 0. The number of rotatable bonds is 1. The standard InChI is InChI=1S/C25H15FN2O6/c26-12-3-1-11(2-4-12)21-14-6-19-20(34-10-33-19)7-17(14)27-22-15(21)8-28-18(22)5-13-16(24(28)30)9-32-25(31)23(13)29/h1-7,23,29H,8-10H2/t23-/m0/s1. The van der Waals surface area contributed by atoms with Crippen molar-refractivity contribution < 1.29 is 28.5 Å². The summed E-state index contributed by atoms with van der Waals surface area (Å²) in [6.07, 6.45) is -1.53. The average Bonchev–Trinajstić information content (AvgIpc) is 3.44. The van der Waals surface area contributed by atoms with Crippen molar-refractivity contribution in [1.82, 2.24) is 9.55 Å². The van der Waals surface area contributed by atoms with Crippen molar-refractivity contribution >= 4 is 16.9 Å². The van der Waals surface area contributed by atoms with Crippen LogP contribution in [0.5, 0.6) is 11.5 Å². The molecule has 0 saturated carbocycles. The second-order valence-corrected chi connectivity index (χ2v) is 8.41. The molecule has 0 unspecified atom stereocenters. The van der Waals surface area contributed by atoms with E-state index in [-0.39, 0.29) is 42.4 Å². The lowest BCUT2D eigenvalue weighted by molar-refractivity contribution is -0.157. The van der Waals surface area contributed by atoms with Gasteiger partial charge in [-0.1, -0.05) is 12.1 Å². The molecule has 0 radical (unpaired) electrons. The number of hydrogen-bond acceptors (Lipinski definition) is 7. The highest BCUT2D eigenvalue weighted by molar-refractivity contribution is 6.01. The van der Waals surface area contributed by atoms with Gasteiger partial charge in [0.2, 0.25) is 6.79 Å². The number of nitrogens with zero attached hydrogens (tertiary/aromatic N) is 2. The van der Waals surface area contributed by atoms with Gasteiger partial charge in [-0.25, -0.2) is 14.2 Å². The molecule has 168 valence electrons. The van der Waals surface area contributed by atoms with Gasteiger partial charge in [0, 0.05) is 22.6 Å². The molecule has 2 aromatic carbocycles. The Hall–Kier alpha value is -4.24. The first-order chi connectivity index (χ1) is 16.5. The predicted molar refractivity (Wildman–Crippen MR) is 117 cm³/mol. The molecule has 0 bridgehead atoms. The predicted octanol–water partition coefficient (Wildman–Crippen LogP) is 3.05. The van der Waals surface area contributed by atoms with Gasteiger partial charge in [0.1, 0.15) is 12.4 Å². The molecule has 2 aromatic heterocycles. The highest BCUT2D eigenvalue weighted by Crippen LogP contribution is 2.45. The molecule has 3 aliphatic rings. The van der Waals surface area contributed by atoms with E-state index >= 15 is 0 Å². The molecule has 3 aliphatic heterocycles. The molecule has 5 heterocycles. The fourth-order valence-electron chi connectivity index (χ4n) is 4.96. The molecule has 0 saturated heterocycles. The number of cyclic esters (lactones) is 1. The number of esters is 1. The summed E-state index contributed by atoms with van der Waals surface area (Å²) in [6, 6.07) is 11.4. The smallest absolute Gasteiger partial charge is 0.340 e. The van der Waals surface area contributed by atoms with Crippen LogP contribution in [0.1, 0.15) is 22.8 Å². The van der Waals surface area contributed by atoms with Crippen LogP contribution < -0.4 is 15.0 Å². The molecule has 0 amide bonds. The second-order valence-electron chi connectivity index (χ2n) is 8.41. The summed E-state index contributed by atoms with van der Waals surface area (Å²) >= 11 is 0. The molecular formula is C25H15FN2O6. The highest BCUT2D eigenvalue weighted by atomic mass is 19.1. The lowest BCUT2D eigenvalue weighted by Crippen LogP contribution is -2.32. The molecule has 0 aliphatic carbocycles. The van der Waals surface area contributed by atoms with E-state index in [4.69, 9.17) is 19.2 Å². The zero-order chi connectivity index (χ0) is 23.1. The topological polar surface area (TPSA) is 99.9 Å². The quantitative estimate of drug-likeness (QED) is 0.386. The molecule has 7 rings (SSSR count). The largest absolute Gasteiger partial charge is 0.458 e. The number of pyridine rings is 2. The van der Waals surface area contributed by atoms with E-state index in [1.165, 1.54) is 12.1 Å². The first kappa shape index (κ1) is 19.2. The maximum absolute atomic E-state index is 13.7. The molecular weight excluding hydrogens is 443 g/mol. The molecule has 4 aromatic rings. The Balaban J connectivity index is 1.55. The molecule has 0 fully saturated rings. The van der Waals surface area contributed by atoms with Crippen molar-refractivity contribution in [2.75, 3.05) is 6.79 Å². The fraction of sp³-hybridized carbons (Fsp3) is 0.160. The number of aliphatic hydroxyl groups is 1. The van der Waals surface area contributed by atoms with Gasteiger partial charge < -0.3 is 23.9 Å². The monoisotopic (exact) mass is 458 g/mol. The second kappa shape index (κ2) is 6.64. The molecule has 1 atom stereocenters. The SMILES string of the molecule is O=C1OCc2c(cc3n(c2=O)Cc2c-3nc3cc4c(cc3c2-c2ccc(F)cc2)OCO4)[C@@H]1O. The molecule has 9 heteroatoms. The van der Waals surface area contributed by atoms with E-state index in [1.54, 1.807) is 28.8 Å². The average molecular weight is 458 g/mol. The van der Waals surface area contributed by atoms with Crippen LogP contribution in [0.3, 0.4) is 0 Å². The van der Waals surface area contributed by atoms with Gasteiger partial charge >= 0.3 is 5.97 Å². The van der Waals surface area contributed by atoms with Gasteiger partial charge in [-0.05, 0) is 35.4 Å². The van der Waals surface area contributed by atoms with Crippen molar-refractivity contribution in [3.05, 3.63) is 75.3 Å². The van der Waals surface area contributed by atoms with Crippen molar-refractivity contribution in [2.24, 2.45) is 0 Å². The zero-order valence-electron chi connectivity index (χ0n) is 17.5. The lowest BCUT2D eigenvalue weighted by atomic mass is 9.94. The third kappa shape index (κ3) is 2.52. The van der Waals surface area contributed by atoms with Crippen LogP contribution in [-0.2, 0) is 22.7 Å². The molecule has 1 N–H and O–H groups in total. The Labute approximate surface area is 190 Å². The summed E-state index contributed by atoms with van der Waals surface area (Å²) in [4.78, 5) is 30.1. The third-order valence-corrected chi connectivity index (χ3v) is 6.58. The number of fused-ring (bicyclic) bond motifs is 6. The van der Waals surface area contributed by atoms with E-state index in [2.05, 4.69) is 0 Å². The van der Waals surface area contributed by atoms with Gasteiger partial charge in [0.15, 0.2) is 17.6 Å². The van der Waals surface area contributed by atoms with Crippen LogP contribution in [0.4, 0.5) is 4.39 Å². The first-order valence-electron chi connectivity index (χ1n) is 10.6. The van der Waals surface area contributed by atoms with Gasteiger partial charge in [-0.3, -0.25) is 4.79 Å². The first-order valence-corrected chi connectivity index (χ1v) is 10.6. The van der Waals surface area contributed by atoms with Crippen LogP contribution >= 0.6 is 0 Å². The number of ether oxygens (including phenoxy) is 3. The van der Waals surface area contributed by atoms with Crippen LogP contribution in [0.15, 0.2) is 47.3 Å². The maximum atomic E-state index is 13.7. The number of benzene rings is 2. The van der Waals surface area contributed by atoms with E-state index < -0.39 is 12.1 Å². The minimum atomic E-state index is -1.53. The van der Waals surface area contributed by atoms with E-state index in [1.807, 2.05) is 6.07 Å². The number of carbonyl (C=O) groups excluding carboxylic acids is 1. The summed E-state index contributed by atoms with van der Waals surface area (Å²) in [5, 5.41) is 11.1. The van der Waals surface area contributed by atoms with E-state index in [0.29, 0.717) is 28.4 Å². The minimum Gasteiger partial charge on any atom is -0.458 e. The summed E-state index contributed by atoms with van der Waals surface area (Å²) in [6.45, 7) is 0.142. The van der Waals surface area contributed by atoms with Gasteiger partial charge in [0.25, 0.3) is 5.56 Å². The van der Waals surface area contributed by atoms with Gasteiger partial charge in [-0.15, -0.1) is 0 Å². The van der Waals surface area contributed by atoms with Gasteiger partial charge in [0.05, 0.1) is 29.0 Å².